The fourth-order valence-corrected chi connectivity index (χ4v) is 23.5. The van der Waals surface area contributed by atoms with Crippen molar-refractivity contribution >= 4 is 150 Å². The highest BCUT2D eigenvalue weighted by molar-refractivity contribution is 7.26. The molecule has 0 saturated carbocycles. The normalized spacial score (nSPS) is 11.6. The molecule has 28 aromatic rings. The molecule has 0 bridgehead atoms. The van der Waals surface area contributed by atoms with Crippen molar-refractivity contribution in [2.24, 2.45) is 0 Å². The van der Waals surface area contributed by atoms with Gasteiger partial charge in [0.1, 0.15) is 12.1 Å². The summed E-state index contributed by atoms with van der Waals surface area (Å²) in [6, 6.07) is 166. The summed E-state index contributed by atoms with van der Waals surface area (Å²) in [4.78, 5) is 30.9. The van der Waals surface area contributed by atoms with E-state index in [1.165, 1.54) is 40.3 Å². The van der Waals surface area contributed by atoms with E-state index >= 15 is 0 Å². The molecule has 0 aliphatic rings. The van der Waals surface area contributed by atoms with Crippen LogP contribution in [0.2, 0.25) is 0 Å². The molecule has 12 nitrogen and oxygen atoms in total. The van der Waals surface area contributed by atoms with Crippen LogP contribution < -0.4 is 0 Å². The second-order valence-electron chi connectivity index (χ2n) is 35.7. The molecule has 0 radical (unpaired) electrons. The fourth-order valence-electron chi connectivity index (χ4n) is 21.1. The van der Waals surface area contributed by atoms with Crippen LogP contribution in [0.1, 0.15) is 11.1 Å². The van der Waals surface area contributed by atoms with E-state index in [2.05, 4.69) is 370 Å². The summed E-state index contributed by atoms with van der Waals surface area (Å²) in [5, 5.41) is 36.5. The predicted octanol–water partition coefficient (Wildman–Crippen LogP) is 33.3. The highest BCUT2D eigenvalue weighted by Gasteiger charge is 2.29. The minimum Gasteiger partial charge on any atom is -0.308 e. The number of hydrogen-bond acceptors (Lipinski definition) is 10. The van der Waals surface area contributed by atoms with E-state index < -0.39 is 0 Å². The third kappa shape index (κ3) is 13.8. The average molecular weight is 1850 g/mol. The molecule has 0 spiro atoms. The lowest BCUT2D eigenvalue weighted by atomic mass is 10.0. The number of fused-ring (bicyclic) bond motifs is 20. The van der Waals surface area contributed by atoms with Crippen molar-refractivity contribution in [3.8, 4) is 148 Å². The molecule has 14 heteroatoms. The SMILES string of the molecule is N#Cc1cc(-c2nc(-c3ccc(-c4ccccc4)cc3)nc(-c3ccc(-c4ccccc4)cc3)n2)ccc1-n1c2ccccc2c2ccc3c(c4ccccc4n3-c3cccc4c3sc3ccccc34)c21.N#Cc1cc(-c2nc(-c3cccc(-c4ccccc4)c3)nc(-c3cccc(-c4ccccc4)c3)n2)ccc1-n1c2ccccc2c2ccc3c(c4ccccc4n3-c3cccc4c3sc3ccccc34)c21. The number of para-hydroxylation sites is 4. The molecular formula is C128H76N12S2. The molecule has 0 fully saturated rings. The molecule has 20 aromatic carbocycles. The van der Waals surface area contributed by atoms with E-state index in [9.17, 15) is 10.5 Å². The van der Waals surface area contributed by atoms with Crippen LogP contribution in [0.15, 0.2) is 461 Å². The van der Waals surface area contributed by atoms with Crippen molar-refractivity contribution in [1.82, 2.24) is 48.2 Å². The number of nitrogens with zero attached hydrogens (tertiary/aromatic N) is 12. The molecule has 8 heterocycles. The Morgan fingerprint density at radius 3 is 0.817 bits per heavy atom. The lowest BCUT2D eigenvalue weighted by Gasteiger charge is -2.14. The summed E-state index contributed by atoms with van der Waals surface area (Å²) in [6.45, 7) is 0. The smallest absolute Gasteiger partial charge is 0.164 e. The Morgan fingerprint density at radius 2 is 0.444 bits per heavy atom. The molecule has 8 aromatic heterocycles. The molecule has 660 valence electrons. The summed E-state index contributed by atoms with van der Waals surface area (Å²) < 4.78 is 14.5. The molecule has 0 unspecified atom stereocenters. The van der Waals surface area contributed by atoms with Crippen LogP contribution in [0.3, 0.4) is 0 Å². The standard InChI is InChI=1S/2C64H38N6S/c65-39-47-38-46(64-67-62(44-22-13-20-42(36-44)40-16-3-1-4-17-40)66-63(68-64)45-23-14-21-43(37-45)41-18-5-2-6-19-41)32-34-53(47)70-54-28-10-7-24-48(54)50-33-35-56-59(60(50)70)52-26-8-11-29-55(52)69(56)57-30-15-27-51-49-25-9-12-31-58(49)71-61(51)57;65-39-47-38-46(64-67-62(44-30-26-42(27-31-44)40-14-3-1-4-15-40)66-63(68-64)45-32-28-43(29-33-45)41-16-5-2-6-17-41)34-36-53(47)70-54-22-10-7-18-48(54)50-35-37-56-59(60(50)70)52-20-8-11-23-55(52)69(56)57-24-13-21-51-49-19-9-12-25-58(49)71-61(51)57/h2*1-38H. The maximum atomic E-state index is 11.3. The van der Waals surface area contributed by atoms with Gasteiger partial charge in [-0.3, -0.25) is 0 Å². The van der Waals surface area contributed by atoms with Gasteiger partial charge in [0.15, 0.2) is 34.9 Å². The quantitative estimate of drug-likeness (QED) is 0.105. The Bertz CT molecular complexity index is 9880. The first kappa shape index (κ1) is 82.5. The Hall–Kier alpha value is -19.0. The van der Waals surface area contributed by atoms with Crippen LogP contribution in [0.5, 0.6) is 0 Å². The van der Waals surface area contributed by atoms with Gasteiger partial charge in [0.2, 0.25) is 0 Å². The zero-order valence-corrected chi connectivity index (χ0v) is 77.7. The van der Waals surface area contributed by atoms with Crippen LogP contribution in [0, 0.1) is 22.7 Å². The zero-order chi connectivity index (χ0) is 94.0. The molecule has 0 aliphatic carbocycles. The van der Waals surface area contributed by atoms with Crippen molar-refractivity contribution in [1.29, 1.82) is 10.5 Å². The molecule has 142 heavy (non-hydrogen) atoms. The van der Waals surface area contributed by atoms with Crippen molar-refractivity contribution in [3.05, 3.63) is 472 Å². The highest BCUT2D eigenvalue weighted by Crippen LogP contribution is 2.50. The lowest BCUT2D eigenvalue weighted by Crippen LogP contribution is -2.02. The Labute approximate surface area is 822 Å². The van der Waals surface area contributed by atoms with Crippen LogP contribution in [-0.2, 0) is 0 Å². The van der Waals surface area contributed by atoms with Crippen molar-refractivity contribution < 1.29 is 0 Å². The number of thiophene rings is 2. The Kier molecular flexibility index (Phi) is 19.8. The molecule has 0 aliphatic heterocycles. The largest absolute Gasteiger partial charge is 0.308 e. The van der Waals surface area contributed by atoms with E-state index in [1.54, 1.807) is 0 Å². The first-order valence-corrected chi connectivity index (χ1v) is 48.9. The van der Waals surface area contributed by atoms with E-state index in [1.807, 2.05) is 144 Å². The maximum Gasteiger partial charge on any atom is 0.164 e. The first-order chi connectivity index (χ1) is 70.3. The molecular weight excluding hydrogens is 1770 g/mol. The highest BCUT2D eigenvalue weighted by atomic mass is 32.1. The third-order valence-electron chi connectivity index (χ3n) is 27.6. The number of benzene rings is 20. The summed E-state index contributed by atoms with van der Waals surface area (Å²) in [6.07, 6.45) is 0. The van der Waals surface area contributed by atoms with Gasteiger partial charge in [-0.05, 0) is 154 Å². The average Bonchev–Trinajstić information content (AvgIpc) is 1.54. The van der Waals surface area contributed by atoms with Gasteiger partial charge in [-0.15, -0.1) is 22.7 Å². The van der Waals surface area contributed by atoms with Crippen molar-refractivity contribution in [2.75, 3.05) is 0 Å². The third-order valence-corrected chi connectivity index (χ3v) is 30.1. The number of hydrogen-bond donors (Lipinski definition) is 0. The van der Waals surface area contributed by atoms with Crippen LogP contribution >= 0.6 is 22.7 Å². The zero-order valence-electron chi connectivity index (χ0n) is 76.1. The van der Waals surface area contributed by atoms with Crippen LogP contribution in [0.4, 0.5) is 0 Å². The predicted molar refractivity (Wildman–Crippen MR) is 587 cm³/mol. The summed E-state index contributed by atoms with van der Waals surface area (Å²) in [7, 11) is 0. The minimum absolute atomic E-state index is 0.478. The van der Waals surface area contributed by atoms with Gasteiger partial charge in [-0.1, -0.05) is 352 Å². The van der Waals surface area contributed by atoms with Crippen LogP contribution in [0.25, 0.3) is 263 Å². The lowest BCUT2D eigenvalue weighted by molar-refractivity contribution is 1.07. The Balaban J connectivity index is 0.000000142. The van der Waals surface area contributed by atoms with Gasteiger partial charge in [0, 0.05) is 107 Å². The number of nitriles is 2. The summed E-state index contributed by atoms with van der Waals surface area (Å²) in [5.74, 6) is 3.14. The van der Waals surface area contributed by atoms with Crippen molar-refractivity contribution in [3.63, 3.8) is 0 Å². The van der Waals surface area contributed by atoms with E-state index in [4.69, 9.17) is 29.9 Å². The minimum atomic E-state index is 0.478. The summed E-state index contributed by atoms with van der Waals surface area (Å²) in [5.41, 5.74) is 27.2. The van der Waals surface area contributed by atoms with E-state index in [0.717, 1.165) is 182 Å². The van der Waals surface area contributed by atoms with Crippen molar-refractivity contribution in [2.45, 2.75) is 0 Å². The molecule has 0 saturated heterocycles. The second kappa shape index (κ2) is 34.1. The monoisotopic (exact) mass is 1840 g/mol. The number of aromatic nitrogens is 10. The van der Waals surface area contributed by atoms with Gasteiger partial charge in [-0.2, -0.15) is 10.5 Å². The molecule has 0 N–H and O–H groups in total. The fraction of sp³-hybridized carbons (Fsp3) is 0. The summed E-state index contributed by atoms with van der Waals surface area (Å²) >= 11 is 3.67. The van der Waals surface area contributed by atoms with E-state index in [0.29, 0.717) is 51.6 Å². The van der Waals surface area contributed by atoms with Gasteiger partial charge < -0.3 is 18.3 Å². The van der Waals surface area contributed by atoms with E-state index in [-0.39, 0.29) is 0 Å². The van der Waals surface area contributed by atoms with Crippen LogP contribution in [-0.4, -0.2) is 48.2 Å². The van der Waals surface area contributed by atoms with Gasteiger partial charge >= 0.3 is 0 Å². The first-order valence-electron chi connectivity index (χ1n) is 47.3. The second-order valence-corrected chi connectivity index (χ2v) is 37.8. The topological polar surface area (TPSA) is 145 Å². The molecule has 0 atom stereocenters. The maximum absolute atomic E-state index is 11.3. The molecule has 28 rings (SSSR count). The van der Waals surface area contributed by atoms with Gasteiger partial charge in [0.25, 0.3) is 0 Å². The van der Waals surface area contributed by atoms with Gasteiger partial charge in [-0.25, -0.2) is 29.9 Å². The molecule has 0 amide bonds. The Morgan fingerprint density at radius 1 is 0.176 bits per heavy atom. The van der Waals surface area contributed by atoms with Gasteiger partial charge in [0.05, 0.1) is 87.4 Å². The number of rotatable bonds is 14.